The Labute approximate surface area is 209 Å². The van der Waals surface area contributed by atoms with Crippen LogP contribution in [-0.4, -0.2) is 27.8 Å². The molecule has 1 aliphatic rings. The number of methoxy groups -OCH3 is 1. The molecule has 4 aromatic rings. The molecule has 1 aliphatic heterocycles. The molecule has 2 heterocycles. The van der Waals surface area contributed by atoms with Gasteiger partial charge in [-0.1, -0.05) is 72.8 Å². The minimum Gasteiger partial charge on any atom is -0.497 e. The molecule has 0 saturated carbocycles. The Bertz CT molecular complexity index is 1350. The Balaban J connectivity index is 0.00000289. The highest BCUT2D eigenvalue weighted by Crippen LogP contribution is 2.33. The van der Waals surface area contributed by atoms with Crippen LogP contribution in [0.5, 0.6) is 5.75 Å². The summed E-state index contributed by atoms with van der Waals surface area (Å²) in [5, 5.41) is 10.7. The third kappa shape index (κ3) is 5.42. The largest absolute Gasteiger partial charge is 0.497 e. The number of anilines is 2. The first-order valence-electron chi connectivity index (χ1n) is 10.9. The number of halogens is 1. The van der Waals surface area contributed by atoms with Gasteiger partial charge in [-0.15, -0.1) is 17.5 Å². The van der Waals surface area contributed by atoms with Gasteiger partial charge in [-0.2, -0.15) is 4.98 Å². The number of hydrogen-bond acceptors (Lipinski definition) is 5. The summed E-state index contributed by atoms with van der Waals surface area (Å²) in [6.07, 6.45) is 5.32. The first kappa shape index (κ1) is 23.8. The van der Waals surface area contributed by atoms with Crippen LogP contribution in [0.25, 0.3) is 11.8 Å². The van der Waals surface area contributed by atoms with Gasteiger partial charge in [-0.05, 0) is 41.0 Å². The predicted octanol–water partition coefficient (Wildman–Crippen LogP) is 5.42. The van der Waals surface area contributed by atoms with Crippen LogP contribution in [0.3, 0.4) is 0 Å². The second-order valence-electron chi connectivity index (χ2n) is 7.73. The molecule has 0 spiro atoms. The Morgan fingerprint density at radius 3 is 2.37 bits per heavy atom. The molecule has 0 bridgehead atoms. The number of ether oxygens (including phenoxy) is 1. The van der Waals surface area contributed by atoms with E-state index in [0.717, 1.165) is 28.1 Å². The Hall–Kier alpha value is -4.36. The van der Waals surface area contributed by atoms with E-state index < -0.39 is 0 Å². The minimum atomic E-state index is -0.302. The first-order chi connectivity index (χ1) is 16.7. The van der Waals surface area contributed by atoms with Gasteiger partial charge in [0.1, 0.15) is 11.8 Å². The molecule has 8 heteroatoms. The molecule has 35 heavy (non-hydrogen) atoms. The fourth-order valence-corrected chi connectivity index (χ4v) is 3.76. The van der Waals surface area contributed by atoms with Crippen LogP contribution in [0, 0.1) is 0 Å². The van der Waals surface area contributed by atoms with Crippen LogP contribution in [0.2, 0.25) is 0 Å². The third-order valence-corrected chi connectivity index (χ3v) is 5.47. The molecule has 1 atom stereocenters. The van der Waals surface area contributed by atoms with Crippen LogP contribution in [0.15, 0.2) is 97.1 Å². The molecular formula is C27H24ClN5O2. The van der Waals surface area contributed by atoms with Crippen molar-refractivity contribution in [1.29, 1.82) is 0 Å². The third-order valence-electron chi connectivity index (χ3n) is 5.47. The van der Waals surface area contributed by atoms with Crippen molar-refractivity contribution in [3.05, 3.63) is 114 Å². The smallest absolute Gasteiger partial charge is 0.250 e. The molecule has 1 aromatic heterocycles. The maximum atomic E-state index is 12.5. The summed E-state index contributed by atoms with van der Waals surface area (Å²) in [6.45, 7) is 0. The number of nitrogens with one attached hydrogen (secondary N) is 2. The second-order valence-corrected chi connectivity index (χ2v) is 7.73. The highest BCUT2D eigenvalue weighted by atomic mass is 35.5. The van der Waals surface area contributed by atoms with Gasteiger partial charge in [-0.3, -0.25) is 10.1 Å². The SMILES string of the molecule is COc1ccc(C2C=C(c3ccccc3)Nc3nc(NC(=O)/C=C/c4ccccc4)nn32)cc1.Cl. The number of benzene rings is 3. The van der Waals surface area contributed by atoms with Crippen molar-refractivity contribution in [2.24, 2.45) is 0 Å². The summed E-state index contributed by atoms with van der Waals surface area (Å²) in [7, 11) is 1.64. The van der Waals surface area contributed by atoms with Crippen LogP contribution in [-0.2, 0) is 4.79 Å². The maximum absolute atomic E-state index is 12.5. The van der Waals surface area contributed by atoms with E-state index >= 15 is 0 Å². The Morgan fingerprint density at radius 2 is 1.69 bits per heavy atom. The van der Waals surface area contributed by atoms with E-state index in [1.54, 1.807) is 17.9 Å². The fraction of sp³-hybridized carbons (Fsp3) is 0.0741. The number of allylic oxidation sites excluding steroid dienone is 1. The molecule has 0 radical (unpaired) electrons. The van der Waals surface area contributed by atoms with Crippen molar-refractivity contribution < 1.29 is 9.53 Å². The van der Waals surface area contributed by atoms with Crippen LogP contribution < -0.4 is 15.4 Å². The van der Waals surface area contributed by atoms with Crippen molar-refractivity contribution in [3.8, 4) is 5.75 Å². The molecule has 1 amide bonds. The van der Waals surface area contributed by atoms with Gasteiger partial charge in [0.25, 0.3) is 11.9 Å². The van der Waals surface area contributed by atoms with E-state index in [1.165, 1.54) is 6.08 Å². The van der Waals surface area contributed by atoms with Gasteiger partial charge in [0.2, 0.25) is 5.95 Å². The first-order valence-corrected chi connectivity index (χ1v) is 10.9. The summed E-state index contributed by atoms with van der Waals surface area (Å²) >= 11 is 0. The number of carbonyl (C=O) groups is 1. The summed E-state index contributed by atoms with van der Waals surface area (Å²) in [6, 6.07) is 27.3. The monoisotopic (exact) mass is 485 g/mol. The normalized spacial score (nSPS) is 14.3. The van der Waals surface area contributed by atoms with E-state index in [9.17, 15) is 4.79 Å². The topological polar surface area (TPSA) is 81.1 Å². The van der Waals surface area contributed by atoms with E-state index in [4.69, 9.17) is 4.74 Å². The fourth-order valence-electron chi connectivity index (χ4n) is 3.76. The van der Waals surface area contributed by atoms with Crippen molar-refractivity contribution in [2.75, 3.05) is 17.7 Å². The zero-order valence-electron chi connectivity index (χ0n) is 19.0. The highest BCUT2D eigenvalue weighted by molar-refractivity contribution is 6.01. The van der Waals surface area contributed by atoms with Gasteiger partial charge in [0, 0.05) is 11.8 Å². The average Bonchev–Trinajstić information content (AvgIpc) is 3.30. The van der Waals surface area contributed by atoms with Gasteiger partial charge in [0.15, 0.2) is 0 Å². The quantitative estimate of drug-likeness (QED) is 0.356. The van der Waals surface area contributed by atoms with Gasteiger partial charge < -0.3 is 10.1 Å². The van der Waals surface area contributed by atoms with Crippen molar-refractivity contribution >= 4 is 42.0 Å². The summed E-state index contributed by atoms with van der Waals surface area (Å²) in [4.78, 5) is 17.0. The van der Waals surface area contributed by atoms with Crippen LogP contribution >= 0.6 is 12.4 Å². The van der Waals surface area contributed by atoms with Crippen LogP contribution in [0.1, 0.15) is 22.7 Å². The van der Waals surface area contributed by atoms with Crippen molar-refractivity contribution in [1.82, 2.24) is 14.8 Å². The lowest BCUT2D eigenvalue weighted by atomic mass is 10.0. The van der Waals surface area contributed by atoms with E-state index in [0.29, 0.717) is 5.95 Å². The molecule has 0 aliphatic carbocycles. The van der Waals surface area contributed by atoms with E-state index in [-0.39, 0.29) is 30.3 Å². The molecule has 0 fully saturated rings. The molecular weight excluding hydrogens is 462 g/mol. The molecule has 1 unspecified atom stereocenters. The minimum absolute atomic E-state index is 0. The van der Waals surface area contributed by atoms with Crippen molar-refractivity contribution in [3.63, 3.8) is 0 Å². The van der Waals surface area contributed by atoms with E-state index in [1.807, 2.05) is 84.9 Å². The summed E-state index contributed by atoms with van der Waals surface area (Å²) in [5.41, 5.74) is 3.91. The average molecular weight is 486 g/mol. The Morgan fingerprint density at radius 1 is 1.00 bits per heavy atom. The summed E-state index contributed by atoms with van der Waals surface area (Å²) in [5.74, 6) is 1.25. The highest BCUT2D eigenvalue weighted by Gasteiger charge is 2.25. The lowest BCUT2D eigenvalue weighted by Crippen LogP contribution is -2.20. The number of amides is 1. The number of carbonyl (C=O) groups excluding carboxylic acids is 1. The lowest BCUT2D eigenvalue weighted by molar-refractivity contribution is -0.111. The van der Waals surface area contributed by atoms with E-state index in [2.05, 4.69) is 26.8 Å². The molecule has 5 rings (SSSR count). The second kappa shape index (κ2) is 10.7. The number of fused-ring (bicyclic) bond motifs is 1. The number of nitrogens with zero attached hydrogens (tertiary/aromatic N) is 3. The lowest BCUT2D eigenvalue weighted by Gasteiger charge is -2.24. The van der Waals surface area contributed by atoms with Crippen LogP contribution in [0.4, 0.5) is 11.9 Å². The van der Waals surface area contributed by atoms with Gasteiger partial charge >= 0.3 is 0 Å². The molecule has 7 nitrogen and oxygen atoms in total. The zero-order valence-corrected chi connectivity index (χ0v) is 19.8. The zero-order chi connectivity index (χ0) is 23.3. The van der Waals surface area contributed by atoms with Gasteiger partial charge in [0.05, 0.1) is 7.11 Å². The standard InChI is InChI=1S/C27H23N5O2.ClH/c1-34-22-15-13-21(14-16-22)24-18-23(20-10-6-3-7-11-20)28-27-30-26(31-32(24)27)29-25(33)17-12-19-8-4-2-5-9-19;/h2-18,24H,1H3,(H2,28,29,30,31,33);1H/b17-12+;. The van der Waals surface area contributed by atoms with Crippen molar-refractivity contribution in [2.45, 2.75) is 6.04 Å². The summed E-state index contributed by atoms with van der Waals surface area (Å²) < 4.78 is 7.07. The molecule has 2 N–H and O–H groups in total. The van der Waals surface area contributed by atoms with Gasteiger partial charge in [-0.25, -0.2) is 4.68 Å². The Kier molecular flexibility index (Phi) is 7.28. The maximum Gasteiger partial charge on any atom is 0.250 e. The number of aromatic nitrogens is 3. The predicted molar refractivity (Wildman–Crippen MR) is 141 cm³/mol. The molecule has 3 aromatic carbocycles. The molecule has 0 saturated heterocycles. The molecule has 176 valence electrons. The number of rotatable bonds is 6. The number of hydrogen-bond donors (Lipinski definition) is 2.